The van der Waals surface area contributed by atoms with Crippen LogP contribution in [0.15, 0.2) is 63.0 Å². The molecule has 0 radical (unpaired) electrons. The lowest BCUT2D eigenvalue weighted by atomic mass is 10.2. The molecule has 4 aromatic rings. The average molecular weight is 411 g/mol. The van der Waals surface area contributed by atoms with Crippen LogP contribution in [0.2, 0.25) is 0 Å². The van der Waals surface area contributed by atoms with Crippen molar-refractivity contribution in [2.45, 2.75) is 19.6 Å². The summed E-state index contributed by atoms with van der Waals surface area (Å²) in [5.41, 5.74) is 0.800. The summed E-state index contributed by atoms with van der Waals surface area (Å²) in [5.74, 6) is 3.21. The van der Waals surface area contributed by atoms with Crippen LogP contribution in [-0.2, 0) is 19.6 Å². The van der Waals surface area contributed by atoms with Gasteiger partial charge in [0.15, 0.2) is 11.5 Å². The Hall–Kier alpha value is -3.10. The van der Waals surface area contributed by atoms with Gasteiger partial charge in [-0.05, 0) is 41.8 Å². The molecule has 0 N–H and O–H groups in total. The van der Waals surface area contributed by atoms with Crippen molar-refractivity contribution in [1.82, 2.24) is 15.0 Å². The van der Waals surface area contributed by atoms with Gasteiger partial charge in [0.2, 0.25) is 11.7 Å². The van der Waals surface area contributed by atoms with Crippen LogP contribution in [0.3, 0.4) is 0 Å². The molecular weight excluding hydrogens is 390 g/mol. The van der Waals surface area contributed by atoms with Crippen LogP contribution in [0.1, 0.15) is 16.5 Å². The molecule has 3 heterocycles. The highest BCUT2D eigenvalue weighted by Crippen LogP contribution is 2.31. The molecule has 0 amide bonds. The molecule has 7 nitrogen and oxygen atoms in total. The molecule has 4 rings (SSSR count). The molecule has 8 heteroatoms. The highest BCUT2D eigenvalue weighted by Gasteiger charge is 2.17. The first-order chi connectivity index (χ1) is 14.2. The predicted molar refractivity (Wildman–Crippen MR) is 109 cm³/mol. The largest absolute Gasteiger partial charge is 0.493 e. The van der Waals surface area contributed by atoms with Crippen LogP contribution in [0.5, 0.6) is 11.5 Å². The van der Waals surface area contributed by atoms with Gasteiger partial charge in [0.1, 0.15) is 5.76 Å². The highest BCUT2D eigenvalue weighted by atomic mass is 32.1. The summed E-state index contributed by atoms with van der Waals surface area (Å²) in [6, 6.07) is 13.5. The fourth-order valence-corrected chi connectivity index (χ4v) is 3.76. The Kier molecular flexibility index (Phi) is 5.92. The molecule has 0 spiro atoms. The van der Waals surface area contributed by atoms with Crippen LogP contribution in [-0.4, -0.2) is 29.3 Å². The van der Waals surface area contributed by atoms with Gasteiger partial charge in [-0.25, -0.2) is 0 Å². The number of nitrogens with zero attached hydrogens (tertiary/aromatic N) is 3. The Morgan fingerprint density at radius 1 is 1.00 bits per heavy atom. The lowest BCUT2D eigenvalue weighted by Gasteiger charge is -2.18. The Labute approximate surface area is 172 Å². The predicted octanol–water partition coefficient (Wildman–Crippen LogP) is 4.61. The van der Waals surface area contributed by atoms with E-state index >= 15 is 0 Å². The first-order valence-corrected chi connectivity index (χ1v) is 9.95. The van der Waals surface area contributed by atoms with E-state index in [1.165, 1.54) is 4.88 Å². The number of methoxy groups -OCH3 is 2. The van der Waals surface area contributed by atoms with E-state index in [4.69, 9.17) is 18.4 Å². The van der Waals surface area contributed by atoms with Crippen LogP contribution in [0.25, 0.3) is 11.4 Å². The number of thiophene rings is 1. The third-order valence-corrected chi connectivity index (χ3v) is 5.25. The van der Waals surface area contributed by atoms with Crippen molar-refractivity contribution in [3.8, 4) is 22.9 Å². The molecule has 0 aliphatic heterocycles. The average Bonchev–Trinajstić information content (AvgIpc) is 3.51. The normalized spacial score (nSPS) is 11.1. The summed E-state index contributed by atoms with van der Waals surface area (Å²) < 4.78 is 21.7. The van der Waals surface area contributed by atoms with Gasteiger partial charge < -0.3 is 18.4 Å². The first-order valence-electron chi connectivity index (χ1n) is 9.07. The number of ether oxygens (including phenoxy) is 2. The molecule has 0 unspecified atom stereocenters. The molecule has 0 saturated carbocycles. The Morgan fingerprint density at radius 2 is 1.90 bits per heavy atom. The molecule has 0 aliphatic carbocycles. The topological polar surface area (TPSA) is 73.8 Å². The van der Waals surface area contributed by atoms with Gasteiger partial charge in [-0.2, -0.15) is 4.98 Å². The lowest BCUT2D eigenvalue weighted by molar-refractivity contribution is 0.198. The molecule has 0 aliphatic rings. The maximum Gasteiger partial charge on any atom is 0.241 e. The summed E-state index contributed by atoms with van der Waals surface area (Å²) >= 11 is 1.72. The second-order valence-electron chi connectivity index (χ2n) is 6.39. The Morgan fingerprint density at radius 3 is 2.62 bits per heavy atom. The summed E-state index contributed by atoms with van der Waals surface area (Å²) in [6.45, 7) is 1.93. The van der Waals surface area contributed by atoms with Crippen molar-refractivity contribution in [1.29, 1.82) is 0 Å². The summed E-state index contributed by atoms with van der Waals surface area (Å²) in [5, 5.41) is 6.21. The van der Waals surface area contributed by atoms with Gasteiger partial charge in [0.05, 0.1) is 33.6 Å². The van der Waals surface area contributed by atoms with Gasteiger partial charge in [0.25, 0.3) is 0 Å². The fraction of sp³-hybridized carbons (Fsp3) is 0.238. The van der Waals surface area contributed by atoms with Crippen molar-refractivity contribution < 1.29 is 18.4 Å². The number of aromatic nitrogens is 2. The zero-order chi connectivity index (χ0) is 20.1. The van der Waals surface area contributed by atoms with Gasteiger partial charge in [0, 0.05) is 17.0 Å². The first kappa shape index (κ1) is 19.2. The third kappa shape index (κ3) is 4.67. The van der Waals surface area contributed by atoms with Gasteiger partial charge in [-0.15, -0.1) is 11.3 Å². The van der Waals surface area contributed by atoms with Crippen LogP contribution in [0, 0.1) is 0 Å². The second kappa shape index (κ2) is 8.93. The van der Waals surface area contributed by atoms with Crippen molar-refractivity contribution in [2.24, 2.45) is 0 Å². The zero-order valence-corrected chi connectivity index (χ0v) is 17.0. The smallest absolute Gasteiger partial charge is 0.241 e. The van der Waals surface area contributed by atoms with Crippen molar-refractivity contribution in [2.75, 3.05) is 14.2 Å². The molecule has 0 fully saturated rings. The number of furan rings is 1. The number of rotatable bonds is 9. The third-order valence-electron chi connectivity index (χ3n) is 4.39. The van der Waals surface area contributed by atoms with Gasteiger partial charge in [-0.3, -0.25) is 4.90 Å². The minimum atomic E-state index is 0.509. The van der Waals surface area contributed by atoms with E-state index in [-0.39, 0.29) is 0 Å². The molecule has 0 atom stereocenters. The van der Waals surface area contributed by atoms with E-state index in [1.54, 1.807) is 31.8 Å². The summed E-state index contributed by atoms with van der Waals surface area (Å²) in [6.07, 6.45) is 1.68. The number of hydrogen-bond donors (Lipinski definition) is 0. The van der Waals surface area contributed by atoms with Crippen molar-refractivity contribution in [3.05, 3.63) is 70.6 Å². The number of hydrogen-bond acceptors (Lipinski definition) is 8. The van der Waals surface area contributed by atoms with E-state index < -0.39 is 0 Å². The monoisotopic (exact) mass is 411 g/mol. The number of benzene rings is 1. The standard InChI is InChI=1S/C21H21N3O4S/c1-25-18-8-7-15(11-19(18)26-2)21-22-20(28-23-21)14-24(12-16-5-3-9-27-16)13-17-6-4-10-29-17/h3-11H,12-14H2,1-2H3. The molecule has 1 aromatic carbocycles. The highest BCUT2D eigenvalue weighted by molar-refractivity contribution is 7.09. The maximum absolute atomic E-state index is 5.52. The summed E-state index contributed by atoms with van der Waals surface area (Å²) in [7, 11) is 3.20. The van der Waals surface area contributed by atoms with Gasteiger partial charge in [-0.1, -0.05) is 11.2 Å². The zero-order valence-electron chi connectivity index (χ0n) is 16.2. The maximum atomic E-state index is 5.52. The Balaban J connectivity index is 1.52. The lowest BCUT2D eigenvalue weighted by Crippen LogP contribution is -2.21. The van der Waals surface area contributed by atoms with E-state index in [0.717, 1.165) is 17.9 Å². The molecule has 150 valence electrons. The minimum absolute atomic E-state index is 0.509. The van der Waals surface area contributed by atoms with Crippen molar-refractivity contribution in [3.63, 3.8) is 0 Å². The molecule has 3 aromatic heterocycles. The van der Waals surface area contributed by atoms with Crippen LogP contribution in [0.4, 0.5) is 0 Å². The van der Waals surface area contributed by atoms with E-state index in [0.29, 0.717) is 36.3 Å². The fourth-order valence-electron chi connectivity index (χ4n) is 3.02. The Bertz CT molecular complexity index is 992. The van der Waals surface area contributed by atoms with Crippen molar-refractivity contribution >= 4 is 11.3 Å². The quantitative estimate of drug-likeness (QED) is 0.398. The minimum Gasteiger partial charge on any atom is -0.493 e. The van der Waals surface area contributed by atoms with E-state index in [2.05, 4.69) is 26.5 Å². The molecule has 29 heavy (non-hydrogen) atoms. The molecular formula is C21H21N3O4S. The van der Waals surface area contributed by atoms with E-state index in [1.807, 2.05) is 36.4 Å². The molecule has 0 bridgehead atoms. The SMILES string of the molecule is COc1ccc(-c2noc(CN(Cc3ccco3)Cc3cccs3)n2)cc1OC. The van der Waals surface area contributed by atoms with Gasteiger partial charge >= 0.3 is 0 Å². The summed E-state index contributed by atoms with van der Waals surface area (Å²) in [4.78, 5) is 8.03. The van der Waals surface area contributed by atoms with Crippen LogP contribution < -0.4 is 9.47 Å². The van der Waals surface area contributed by atoms with Crippen LogP contribution >= 0.6 is 11.3 Å². The second-order valence-corrected chi connectivity index (χ2v) is 7.42. The molecule has 0 saturated heterocycles. The van der Waals surface area contributed by atoms with E-state index in [9.17, 15) is 0 Å².